The third-order valence-electron chi connectivity index (χ3n) is 1.39. The molecule has 1 heterocycles. The van der Waals surface area contributed by atoms with Gasteiger partial charge in [0, 0.05) is 12.3 Å². The fraction of sp³-hybridized carbons (Fsp3) is 0.125. The van der Waals surface area contributed by atoms with Crippen LogP contribution in [0.3, 0.4) is 0 Å². The lowest BCUT2D eigenvalue weighted by Crippen LogP contribution is -2.25. The monoisotopic (exact) mass is 134 g/mol. The third-order valence-corrected chi connectivity index (χ3v) is 1.39. The van der Waals surface area contributed by atoms with Gasteiger partial charge in [0.2, 0.25) is 0 Å². The Hall–Kier alpha value is -1.31. The second-order valence-corrected chi connectivity index (χ2v) is 2.07. The van der Waals surface area contributed by atoms with Gasteiger partial charge in [-0.15, -0.1) is 0 Å². The molecule has 0 fully saturated rings. The highest BCUT2D eigenvalue weighted by Gasteiger charge is 1.85. The van der Waals surface area contributed by atoms with E-state index in [1.54, 1.807) is 17.0 Å². The number of aryl methyl sites for hydroxylation is 1. The summed E-state index contributed by atoms with van der Waals surface area (Å²) in [5, 5.41) is 5.95. The molecule has 0 aliphatic carbocycles. The van der Waals surface area contributed by atoms with Crippen molar-refractivity contribution in [1.82, 2.24) is 9.78 Å². The van der Waals surface area contributed by atoms with Gasteiger partial charge in [-0.25, -0.2) is 0 Å². The van der Waals surface area contributed by atoms with Gasteiger partial charge in [-0.2, -0.15) is 5.10 Å². The third kappa shape index (κ3) is 1.00. The molecule has 1 aromatic heterocycles. The predicted molar refractivity (Wildman–Crippen MR) is 42.6 cm³/mol. The molecule has 0 aromatic carbocycles. The van der Waals surface area contributed by atoms with Crippen LogP contribution < -0.4 is 10.6 Å². The highest BCUT2D eigenvalue weighted by atomic mass is 15.2. The topological polar surface area (TPSA) is 17.8 Å². The van der Waals surface area contributed by atoms with Crippen molar-refractivity contribution in [3.05, 3.63) is 29.4 Å². The van der Waals surface area contributed by atoms with Gasteiger partial charge in [0.05, 0.1) is 11.5 Å². The summed E-state index contributed by atoms with van der Waals surface area (Å²) >= 11 is 0. The Morgan fingerprint density at radius 3 is 2.80 bits per heavy atom. The highest BCUT2D eigenvalue weighted by molar-refractivity contribution is 5.33. The first-order valence-electron chi connectivity index (χ1n) is 3.05. The van der Waals surface area contributed by atoms with E-state index >= 15 is 0 Å². The minimum atomic E-state index is 0.917. The zero-order valence-electron chi connectivity index (χ0n) is 6.04. The summed E-state index contributed by atoms with van der Waals surface area (Å²) in [7, 11) is 1.86. The lowest BCUT2D eigenvalue weighted by molar-refractivity contribution is 0.744. The highest BCUT2D eigenvalue weighted by Crippen LogP contribution is 1.64. The minimum Gasteiger partial charge on any atom is -0.269 e. The van der Waals surface area contributed by atoms with Crippen LogP contribution in [-0.4, -0.2) is 9.78 Å². The molecule has 1 rings (SSSR count). The van der Waals surface area contributed by atoms with Crippen LogP contribution in [-0.2, 0) is 7.05 Å². The van der Waals surface area contributed by atoms with Crippen LogP contribution in [0.25, 0.3) is 12.7 Å². The molecule has 0 aliphatic heterocycles. The van der Waals surface area contributed by atoms with Crippen molar-refractivity contribution in [1.29, 1.82) is 0 Å². The Morgan fingerprint density at radius 1 is 1.70 bits per heavy atom. The first kappa shape index (κ1) is 6.81. The molecular weight excluding hydrogens is 124 g/mol. The molecule has 0 spiro atoms. The molecule has 0 amide bonds. The summed E-state index contributed by atoms with van der Waals surface area (Å²) in [5.74, 6) is 0. The van der Waals surface area contributed by atoms with E-state index in [0.717, 1.165) is 10.6 Å². The molecule has 0 N–H and O–H groups in total. The maximum absolute atomic E-state index is 4.01. The molecule has 0 unspecified atom stereocenters. The Balaban J connectivity index is 3.45. The van der Waals surface area contributed by atoms with E-state index in [9.17, 15) is 0 Å². The standard InChI is InChI=1S/C8H10N2/c1-4-5-8-6-9-10(3)7(8)2/h4-6H,1-2H2,3H3/b8-5-. The quantitative estimate of drug-likeness (QED) is 0.520. The molecule has 1 aromatic rings. The molecule has 0 aliphatic rings. The van der Waals surface area contributed by atoms with Crippen LogP contribution in [0.4, 0.5) is 0 Å². The van der Waals surface area contributed by atoms with Crippen molar-refractivity contribution in [2.75, 3.05) is 0 Å². The van der Waals surface area contributed by atoms with Gasteiger partial charge >= 0.3 is 0 Å². The van der Waals surface area contributed by atoms with Crippen LogP contribution in [0.1, 0.15) is 0 Å². The van der Waals surface area contributed by atoms with Crippen molar-refractivity contribution >= 4 is 12.7 Å². The van der Waals surface area contributed by atoms with Crippen LogP contribution in [0.15, 0.2) is 18.9 Å². The van der Waals surface area contributed by atoms with E-state index in [2.05, 4.69) is 18.3 Å². The van der Waals surface area contributed by atoms with Gasteiger partial charge in [0.1, 0.15) is 0 Å². The van der Waals surface area contributed by atoms with E-state index in [1.165, 1.54) is 0 Å². The second kappa shape index (κ2) is 2.52. The molecular formula is C8H10N2. The fourth-order valence-electron chi connectivity index (χ4n) is 0.746. The van der Waals surface area contributed by atoms with Crippen LogP contribution in [0, 0.1) is 0 Å². The Kier molecular flexibility index (Phi) is 1.71. The van der Waals surface area contributed by atoms with Crippen LogP contribution >= 0.6 is 0 Å². The van der Waals surface area contributed by atoms with E-state index in [1.807, 2.05) is 13.1 Å². The SMILES string of the molecule is C=C/C=c1/cnn(C)c1=C. The molecule has 52 valence electrons. The number of hydrogen-bond donors (Lipinski definition) is 0. The molecule has 0 saturated carbocycles. The average molecular weight is 134 g/mol. The van der Waals surface area contributed by atoms with E-state index in [4.69, 9.17) is 0 Å². The normalized spacial score (nSPS) is 11.9. The van der Waals surface area contributed by atoms with Crippen molar-refractivity contribution < 1.29 is 0 Å². The lowest BCUT2D eigenvalue weighted by atomic mass is 10.4. The second-order valence-electron chi connectivity index (χ2n) is 2.07. The molecule has 0 radical (unpaired) electrons. The fourth-order valence-corrected chi connectivity index (χ4v) is 0.746. The number of aromatic nitrogens is 2. The summed E-state index contributed by atoms with van der Waals surface area (Å²) in [6.45, 7) is 7.41. The summed E-state index contributed by atoms with van der Waals surface area (Å²) in [5.41, 5.74) is 0. The van der Waals surface area contributed by atoms with Crippen molar-refractivity contribution in [3.8, 4) is 0 Å². The van der Waals surface area contributed by atoms with E-state index in [0.29, 0.717) is 0 Å². The maximum atomic E-state index is 4.01. The maximum Gasteiger partial charge on any atom is 0.0607 e. The van der Waals surface area contributed by atoms with Crippen molar-refractivity contribution in [2.24, 2.45) is 7.05 Å². The van der Waals surface area contributed by atoms with E-state index in [-0.39, 0.29) is 0 Å². The van der Waals surface area contributed by atoms with Crippen molar-refractivity contribution in [3.63, 3.8) is 0 Å². The molecule has 0 saturated heterocycles. The van der Waals surface area contributed by atoms with Crippen molar-refractivity contribution in [2.45, 2.75) is 0 Å². The summed E-state index contributed by atoms with van der Waals surface area (Å²) in [6, 6.07) is 0. The number of hydrogen-bond acceptors (Lipinski definition) is 1. The van der Waals surface area contributed by atoms with Gasteiger partial charge < -0.3 is 0 Å². The molecule has 0 atom stereocenters. The Morgan fingerprint density at radius 2 is 2.40 bits per heavy atom. The van der Waals surface area contributed by atoms with Gasteiger partial charge in [-0.1, -0.05) is 25.3 Å². The van der Waals surface area contributed by atoms with Crippen LogP contribution in [0.5, 0.6) is 0 Å². The number of allylic oxidation sites excluding steroid dienone is 1. The van der Waals surface area contributed by atoms with E-state index < -0.39 is 0 Å². The smallest absolute Gasteiger partial charge is 0.0607 e. The van der Waals surface area contributed by atoms with Gasteiger partial charge in [-0.3, -0.25) is 4.68 Å². The van der Waals surface area contributed by atoms with Gasteiger partial charge in [0.25, 0.3) is 0 Å². The molecule has 2 heteroatoms. The minimum absolute atomic E-state index is 0.917. The molecule has 10 heavy (non-hydrogen) atoms. The van der Waals surface area contributed by atoms with Gasteiger partial charge in [-0.05, 0) is 0 Å². The first-order chi connectivity index (χ1) is 4.75. The lowest BCUT2D eigenvalue weighted by Gasteiger charge is -1.82. The Bertz CT molecular complexity index is 333. The largest absolute Gasteiger partial charge is 0.269 e. The Labute approximate surface area is 59.8 Å². The predicted octanol–water partition coefficient (Wildman–Crippen LogP) is -0.203. The molecule has 2 nitrogen and oxygen atoms in total. The zero-order valence-corrected chi connectivity index (χ0v) is 6.04. The van der Waals surface area contributed by atoms with Crippen LogP contribution in [0.2, 0.25) is 0 Å². The summed E-state index contributed by atoms with van der Waals surface area (Å²) in [6.07, 6.45) is 5.38. The average Bonchev–Trinajstić information content (AvgIpc) is 2.20. The molecule has 0 bridgehead atoms. The first-order valence-corrected chi connectivity index (χ1v) is 3.05. The summed E-state index contributed by atoms with van der Waals surface area (Å²) < 4.78 is 1.73. The number of rotatable bonds is 1. The van der Waals surface area contributed by atoms with Gasteiger partial charge in [0.15, 0.2) is 0 Å². The summed E-state index contributed by atoms with van der Waals surface area (Å²) in [4.78, 5) is 0. The zero-order chi connectivity index (χ0) is 7.56. The number of nitrogens with zero attached hydrogens (tertiary/aromatic N) is 2.